The van der Waals surface area contributed by atoms with Crippen LogP contribution in [0.2, 0.25) is 5.02 Å². The van der Waals surface area contributed by atoms with Crippen molar-refractivity contribution in [3.63, 3.8) is 0 Å². The molecule has 3 N–H and O–H groups in total. The largest absolute Gasteiger partial charge is 0.437 e. The Hall–Kier alpha value is -1.44. The first-order chi connectivity index (χ1) is 8.60. The van der Waals surface area contributed by atoms with Crippen LogP contribution in [0.4, 0.5) is 10.3 Å². The van der Waals surface area contributed by atoms with Gasteiger partial charge in [0.15, 0.2) is 0 Å². The van der Waals surface area contributed by atoms with Gasteiger partial charge in [-0.15, -0.1) is 0 Å². The second-order valence-electron chi connectivity index (χ2n) is 3.17. The Kier molecular flexibility index (Phi) is 3.95. The molecule has 0 amide bonds. The van der Waals surface area contributed by atoms with Crippen molar-refractivity contribution in [2.24, 2.45) is 5.84 Å². The molecule has 18 heavy (non-hydrogen) atoms. The molecule has 0 unspecified atom stereocenters. The van der Waals surface area contributed by atoms with E-state index in [9.17, 15) is 4.39 Å². The van der Waals surface area contributed by atoms with E-state index >= 15 is 0 Å². The highest BCUT2D eigenvalue weighted by atomic mass is 79.9. The number of nitrogen functional groups attached to an aromatic ring is 1. The number of rotatable bonds is 3. The van der Waals surface area contributed by atoms with Crippen LogP contribution in [0.15, 0.2) is 28.9 Å². The fraction of sp³-hybridized carbons (Fsp3) is 0. The van der Waals surface area contributed by atoms with E-state index < -0.39 is 0 Å². The summed E-state index contributed by atoms with van der Waals surface area (Å²) in [6.07, 6.45) is 1.34. The van der Waals surface area contributed by atoms with Gasteiger partial charge in [0.05, 0.1) is 10.7 Å². The Morgan fingerprint density at radius 2 is 2.22 bits per heavy atom. The first-order valence-corrected chi connectivity index (χ1v) is 5.89. The normalized spacial score (nSPS) is 10.2. The minimum atomic E-state index is -0.388. The maximum absolute atomic E-state index is 13.1. The summed E-state index contributed by atoms with van der Waals surface area (Å²) in [5.41, 5.74) is 2.27. The summed E-state index contributed by atoms with van der Waals surface area (Å²) in [5.74, 6) is 5.45. The molecule has 0 aliphatic carbocycles. The molecule has 1 aromatic carbocycles. The average Bonchev–Trinajstić information content (AvgIpc) is 2.36. The van der Waals surface area contributed by atoms with Gasteiger partial charge >= 0.3 is 0 Å². The summed E-state index contributed by atoms with van der Waals surface area (Å²) < 4.78 is 18.7. The van der Waals surface area contributed by atoms with E-state index in [4.69, 9.17) is 22.2 Å². The van der Waals surface area contributed by atoms with E-state index in [2.05, 4.69) is 31.3 Å². The number of nitrogens with two attached hydrogens (primary N) is 1. The van der Waals surface area contributed by atoms with Crippen molar-refractivity contribution in [2.75, 3.05) is 5.43 Å². The van der Waals surface area contributed by atoms with Crippen LogP contribution in [-0.4, -0.2) is 9.97 Å². The van der Waals surface area contributed by atoms with Crippen LogP contribution in [0, 0.1) is 5.82 Å². The molecule has 0 spiro atoms. The zero-order valence-corrected chi connectivity index (χ0v) is 11.2. The molecule has 0 aliphatic rings. The first kappa shape index (κ1) is 13.0. The number of nitrogens with one attached hydrogen (secondary N) is 1. The van der Waals surface area contributed by atoms with Gasteiger partial charge in [-0.1, -0.05) is 11.6 Å². The molecule has 0 aliphatic heterocycles. The molecule has 2 rings (SSSR count). The molecule has 0 saturated heterocycles. The maximum atomic E-state index is 13.1. The highest BCUT2D eigenvalue weighted by molar-refractivity contribution is 9.10. The van der Waals surface area contributed by atoms with Gasteiger partial charge in [-0.25, -0.2) is 15.2 Å². The topological polar surface area (TPSA) is 73.1 Å². The lowest BCUT2D eigenvalue weighted by Gasteiger charge is -2.08. The van der Waals surface area contributed by atoms with E-state index in [-0.39, 0.29) is 27.1 Å². The summed E-state index contributed by atoms with van der Waals surface area (Å²) in [4.78, 5) is 7.73. The number of hydrazine groups is 1. The molecule has 1 heterocycles. The molecular formula is C10H7BrClFN4O. The Morgan fingerprint density at radius 3 is 2.89 bits per heavy atom. The van der Waals surface area contributed by atoms with Gasteiger partial charge in [0.1, 0.15) is 16.6 Å². The number of hydrogen-bond acceptors (Lipinski definition) is 5. The number of nitrogens with zero attached hydrogens (tertiary/aromatic N) is 2. The van der Waals surface area contributed by atoms with Crippen molar-refractivity contribution < 1.29 is 9.13 Å². The van der Waals surface area contributed by atoms with Gasteiger partial charge in [-0.05, 0) is 34.1 Å². The van der Waals surface area contributed by atoms with E-state index in [1.54, 1.807) is 0 Å². The third-order valence-corrected chi connectivity index (χ3v) is 2.81. The molecule has 0 bridgehead atoms. The number of benzene rings is 1. The predicted octanol–water partition coefficient (Wildman–Crippen LogP) is 3.11. The molecule has 5 nitrogen and oxygen atoms in total. The Morgan fingerprint density at radius 1 is 1.44 bits per heavy atom. The third-order valence-electron chi connectivity index (χ3n) is 1.95. The van der Waals surface area contributed by atoms with Crippen LogP contribution in [0.5, 0.6) is 11.6 Å². The molecule has 0 saturated carbocycles. The van der Waals surface area contributed by atoms with E-state index in [1.807, 2.05) is 0 Å². The van der Waals surface area contributed by atoms with Gasteiger partial charge in [0.2, 0.25) is 11.8 Å². The van der Waals surface area contributed by atoms with Crippen molar-refractivity contribution in [2.45, 2.75) is 0 Å². The second-order valence-corrected chi connectivity index (χ2v) is 4.43. The van der Waals surface area contributed by atoms with Crippen LogP contribution in [0.25, 0.3) is 0 Å². The molecule has 1 aromatic heterocycles. The quantitative estimate of drug-likeness (QED) is 0.667. The molecule has 94 valence electrons. The zero-order valence-electron chi connectivity index (χ0n) is 8.82. The molecule has 0 fully saturated rings. The summed E-state index contributed by atoms with van der Waals surface area (Å²) in [7, 11) is 0. The molecule has 0 radical (unpaired) electrons. The zero-order chi connectivity index (χ0) is 13.1. The molecule has 0 atom stereocenters. The highest BCUT2D eigenvalue weighted by Crippen LogP contribution is 2.29. The predicted molar refractivity (Wildman–Crippen MR) is 69.0 cm³/mol. The van der Waals surface area contributed by atoms with Gasteiger partial charge in [-0.2, -0.15) is 4.98 Å². The van der Waals surface area contributed by atoms with Gasteiger partial charge < -0.3 is 4.74 Å². The van der Waals surface area contributed by atoms with Gasteiger partial charge in [-0.3, -0.25) is 5.43 Å². The lowest BCUT2D eigenvalue weighted by atomic mass is 10.3. The average molecular weight is 334 g/mol. The van der Waals surface area contributed by atoms with Crippen molar-refractivity contribution in [3.05, 3.63) is 39.7 Å². The Labute approximate surface area is 115 Å². The van der Waals surface area contributed by atoms with Crippen LogP contribution < -0.4 is 16.0 Å². The van der Waals surface area contributed by atoms with E-state index in [0.29, 0.717) is 5.75 Å². The molecule has 8 heteroatoms. The number of ether oxygens (including phenoxy) is 1. The monoisotopic (exact) mass is 332 g/mol. The fourth-order valence-electron chi connectivity index (χ4n) is 1.14. The number of anilines is 1. The highest BCUT2D eigenvalue weighted by Gasteiger charge is 2.09. The SMILES string of the molecule is NNc1ncc(Cl)c(Oc2ccc(F)c(Br)c2)n1. The second kappa shape index (κ2) is 5.47. The Balaban J connectivity index is 2.30. The van der Waals surface area contributed by atoms with Gasteiger partial charge in [0.25, 0.3) is 0 Å². The van der Waals surface area contributed by atoms with Crippen molar-refractivity contribution in [1.29, 1.82) is 0 Å². The van der Waals surface area contributed by atoms with Crippen LogP contribution >= 0.6 is 27.5 Å². The summed E-state index contributed by atoms with van der Waals surface area (Å²) >= 11 is 8.92. The Bertz CT molecular complexity index is 584. The minimum absolute atomic E-state index is 0.123. The van der Waals surface area contributed by atoms with Crippen molar-refractivity contribution >= 4 is 33.5 Å². The van der Waals surface area contributed by atoms with Gasteiger partial charge in [0, 0.05) is 0 Å². The van der Waals surface area contributed by atoms with Crippen LogP contribution in [-0.2, 0) is 0 Å². The van der Waals surface area contributed by atoms with E-state index in [1.165, 1.54) is 24.4 Å². The number of halogens is 3. The third kappa shape index (κ3) is 2.87. The maximum Gasteiger partial charge on any atom is 0.243 e. The van der Waals surface area contributed by atoms with Crippen LogP contribution in [0.3, 0.4) is 0 Å². The molecular weight excluding hydrogens is 326 g/mol. The summed E-state index contributed by atoms with van der Waals surface area (Å²) in [6, 6.07) is 4.17. The standard InChI is InChI=1S/C10H7BrClFN4O/c11-6-3-5(1-2-8(6)13)18-9-7(12)4-15-10(16-9)17-14/h1-4H,14H2,(H,15,16,17). The summed E-state index contributed by atoms with van der Waals surface area (Å²) in [6.45, 7) is 0. The van der Waals surface area contributed by atoms with E-state index in [0.717, 1.165) is 0 Å². The smallest absolute Gasteiger partial charge is 0.243 e. The van der Waals surface area contributed by atoms with Crippen molar-refractivity contribution in [3.8, 4) is 11.6 Å². The first-order valence-electron chi connectivity index (χ1n) is 4.72. The molecule has 2 aromatic rings. The minimum Gasteiger partial charge on any atom is -0.437 e. The lowest BCUT2D eigenvalue weighted by molar-refractivity contribution is 0.460. The lowest BCUT2D eigenvalue weighted by Crippen LogP contribution is -2.10. The number of hydrogen-bond donors (Lipinski definition) is 2. The van der Waals surface area contributed by atoms with Crippen molar-refractivity contribution in [1.82, 2.24) is 9.97 Å². The van der Waals surface area contributed by atoms with Crippen LogP contribution in [0.1, 0.15) is 0 Å². The fourth-order valence-corrected chi connectivity index (χ4v) is 1.63. The summed E-state index contributed by atoms with van der Waals surface area (Å²) in [5, 5.41) is 0.217. The number of aromatic nitrogens is 2.